The summed E-state index contributed by atoms with van der Waals surface area (Å²) >= 11 is 0. The largest absolute Gasteiger partial charge is 0.508 e. The number of aromatic hydroxyl groups is 1. The Kier molecular flexibility index (Phi) is 9.91. The van der Waals surface area contributed by atoms with Crippen LogP contribution in [0.4, 0.5) is 27.8 Å². The molecule has 3 aliphatic heterocycles. The zero-order chi connectivity index (χ0) is 36.8. The number of nitrogens with zero attached hydrogens (tertiary/aromatic N) is 5. The van der Waals surface area contributed by atoms with Crippen LogP contribution in [0.1, 0.15) is 63.6 Å². The number of nitrogens with one attached hydrogen (secondary N) is 1. The number of terminal acetylenes is 1. The number of anilines is 1. The van der Waals surface area contributed by atoms with Crippen molar-refractivity contribution in [2.75, 3.05) is 50.8 Å². The number of piperidine rings is 1. The second-order valence-electron chi connectivity index (χ2n) is 14.4. The summed E-state index contributed by atoms with van der Waals surface area (Å²) in [5.74, 6) is 1.05. The Morgan fingerprint density at radius 2 is 1.81 bits per heavy atom. The van der Waals surface area contributed by atoms with Crippen LogP contribution in [-0.2, 0) is 6.42 Å². The molecule has 8 rings (SSSR count). The summed E-state index contributed by atoms with van der Waals surface area (Å²) in [6.45, 7) is 8.31. The van der Waals surface area contributed by atoms with Crippen molar-refractivity contribution in [1.82, 2.24) is 25.2 Å². The third-order valence-corrected chi connectivity index (χ3v) is 10.9. The van der Waals surface area contributed by atoms with E-state index in [1.807, 2.05) is 13.8 Å². The van der Waals surface area contributed by atoms with E-state index in [2.05, 4.69) is 26.0 Å². The first-order valence-corrected chi connectivity index (χ1v) is 18.2. The van der Waals surface area contributed by atoms with Crippen LogP contribution < -0.4 is 15.0 Å². The van der Waals surface area contributed by atoms with E-state index in [0.29, 0.717) is 74.3 Å². The van der Waals surface area contributed by atoms with Crippen LogP contribution in [0.2, 0.25) is 0 Å². The lowest BCUT2D eigenvalue weighted by Crippen LogP contribution is -2.51. The number of ether oxygens (including phenoxy) is 1. The molecule has 1 unspecified atom stereocenters. The van der Waals surface area contributed by atoms with Crippen molar-refractivity contribution < 1.29 is 31.8 Å². The molecule has 0 bridgehead atoms. The van der Waals surface area contributed by atoms with Gasteiger partial charge in [0.25, 0.3) is 0 Å². The van der Waals surface area contributed by atoms with Gasteiger partial charge in [-0.2, -0.15) is 23.1 Å². The summed E-state index contributed by atoms with van der Waals surface area (Å²) < 4.78 is 77.0. The van der Waals surface area contributed by atoms with Crippen LogP contribution in [0.15, 0.2) is 24.3 Å². The van der Waals surface area contributed by atoms with E-state index in [9.17, 15) is 22.7 Å². The molecule has 2 N–H and O–H groups in total. The molecule has 1 aliphatic carbocycles. The van der Waals surface area contributed by atoms with E-state index >= 15 is 4.39 Å². The van der Waals surface area contributed by atoms with Crippen molar-refractivity contribution in [3.05, 3.63) is 47.2 Å². The minimum absolute atomic E-state index is 0.0240. The fraction of sp³-hybridized carbons (Fsp3) is 0.513. The Balaban J connectivity index is 0.00000207. The summed E-state index contributed by atoms with van der Waals surface area (Å²) in [4.78, 5) is 18.7. The summed E-state index contributed by atoms with van der Waals surface area (Å²) in [5.41, 5.74) is 0.442. The number of piperazine rings is 1. The Bertz CT molecular complexity index is 2020. The van der Waals surface area contributed by atoms with Gasteiger partial charge in [-0.3, -0.25) is 0 Å². The molecule has 3 fully saturated rings. The molecule has 2 saturated heterocycles. The zero-order valence-corrected chi connectivity index (χ0v) is 29.4. The fourth-order valence-corrected chi connectivity index (χ4v) is 8.08. The number of phenols is 1. The summed E-state index contributed by atoms with van der Waals surface area (Å²) in [5, 5.41) is 15.3. The second kappa shape index (κ2) is 14.3. The van der Waals surface area contributed by atoms with Gasteiger partial charge in [0, 0.05) is 55.0 Å². The van der Waals surface area contributed by atoms with Gasteiger partial charge in [-0.15, -0.1) is 6.42 Å². The maximum Gasteiger partial charge on any atom is 0.389 e. The molecule has 4 aliphatic rings. The molecule has 0 amide bonds. The lowest BCUT2D eigenvalue weighted by atomic mass is 9.92. The summed E-state index contributed by atoms with van der Waals surface area (Å²) in [6, 6.07) is 5.60. The Hall–Kier alpha value is -4.28. The number of aromatic nitrogens is 3. The molecule has 13 heteroatoms. The maximum absolute atomic E-state index is 17.0. The van der Waals surface area contributed by atoms with Gasteiger partial charge in [0.2, 0.25) is 0 Å². The third-order valence-electron chi connectivity index (χ3n) is 10.9. The zero-order valence-electron chi connectivity index (χ0n) is 29.4. The van der Waals surface area contributed by atoms with Gasteiger partial charge >= 0.3 is 12.2 Å². The van der Waals surface area contributed by atoms with Gasteiger partial charge in [0.1, 0.15) is 28.6 Å². The first kappa shape index (κ1) is 36.1. The minimum Gasteiger partial charge on any atom is -0.508 e. The standard InChI is InChI=1S/C37H37F5N6O2.C2H6/c1-2-25-27(38)5-3-22-15-24(49)16-26(29(22)25)32-31(39)33-30-28(44-32)6-4-23-18-43-11-14-48(23)34(30)46-35(45-33)50-20-36(9-10-36)19-47-12-7-21(8-13-47)17-37(40,41)42;1-2/h1,3,5,15-16,21,23,43,49H,4,6-14,17-20H2;1-2H3. The van der Waals surface area contributed by atoms with Crippen LogP contribution >= 0.6 is 0 Å². The molecule has 5 heterocycles. The molecular formula is C39H43F5N6O2. The average molecular weight is 723 g/mol. The Morgan fingerprint density at radius 1 is 1.04 bits per heavy atom. The van der Waals surface area contributed by atoms with Crippen molar-refractivity contribution in [2.45, 2.75) is 71.0 Å². The summed E-state index contributed by atoms with van der Waals surface area (Å²) in [6.07, 6.45) is 4.92. The smallest absolute Gasteiger partial charge is 0.389 e. The van der Waals surface area contributed by atoms with Crippen LogP contribution in [0.3, 0.4) is 0 Å². The SMILES string of the molecule is C#Cc1c(F)ccc2cc(O)cc(-c3nc4c5c(nc(OCC6(CN7CCC(CC(F)(F)F)CC7)CC6)nc5c3F)N3CCNCC3CC4)c12.CC. The van der Waals surface area contributed by atoms with E-state index in [1.165, 1.54) is 24.3 Å². The predicted molar refractivity (Wildman–Crippen MR) is 190 cm³/mol. The summed E-state index contributed by atoms with van der Waals surface area (Å²) in [7, 11) is 0. The van der Waals surface area contributed by atoms with Crippen molar-refractivity contribution >= 4 is 27.5 Å². The molecule has 52 heavy (non-hydrogen) atoms. The van der Waals surface area contributed by atoms with E-state index in [1.54, 1.807) is 0 Å². The van der Waals surface area contributed by atoms with Crippen molar-refractivity contribution in [1.29, 1.82) is 0 Å². The molecule has 4 aromatic rings. The number of pyridine rings is 1. The number of benzene rings is 2. The lowest BCUT2D eigenvalue weighted by Gasteiger charge is -2.36. The highest BCUT2D eigenvalue weighted by atomic mass is 19.4. The molecule has 0 spiro atoms. The van der Waals surface area contributed by atoms with Gasteiger partial charge in [-0.05, 0) is 81.1 Å². The van der Waals surface area contributed by atoms with Gasteiger partial charge in [-0.1, -0.05) is 25.8 Å². The van der Waals surface area contributed by atoms with Crippen LogP contribution in [0, 0.1) is 35.3 Å². The number of fused-ring (bicyclic) bond motifs is 3. The molecule has 0 radical (unpaired) electrons. The number of rotatable bonds is 7. The number of aryl methyl sites for hydroxylation is 1. The highest BCUT2D eigenvalue weighted by Crippen LogP contribution is 2.48. The number of likely N-dealkylation sites (tertiary alicyclic amines) is 1. The first-order chi connectivity index (χ1) is 25.0. The van der Waals surface area contributed by atoms with Crippen molar-refractivity contribution in [3.8, 4) is 35.4 Å². The third kappa shape index (κ3) is 7.07. The molecule has 2 aromatic carbocycles. The molecular weight excluding hydrogens is 679 g/mol. The number of hydrogen-bond acceptors (Lipinski definition) is 8. The highest BCUT2D eigenvalue weighted by Gasteiger charge is 2.46. The van der Waals surface area contributed by atoms with E-state index in [-0.39, 0.29) is 56.9 Å². The molecule has 8 nitrogen and oxygen atoms in total. The molecule has 2 aromatic heterocycles. The van der Waals surface area contributed by atoms with E-state index in [4.69, 9.17) is 21.1 Å². The van der Waals surface area contributed by atoms with Gasteiger partial charge < -0.3 is 25.0 Å². The van der Waals surface area contributed by atoms with Crippen molar-refractivity contribution in [2.24, 2.45) is 11.3 Å². The van der Waals surface area contributed by atoms with Gasteiger partial charge in [0.05, 0.1) is 23.3 Å². The number of hydrogen-bond donors (Lipinski definition) is 2. The predicted octanol–water partition coefficient (Wildman–Crippen LogP) is 7.38. The van der Waals surface area contributed by atoms with Gasteiger partial charge in [0.15, 0.2) is 5.82 Å². The number of phenolic OH excluding ortho intramolecular Hbond substituents is 1. The van der Waals surface area contributed by atoms with Gasteiger partial charge in [-0.25, -0.2) is 13.8 Å². The lowest BCUT2D eigenvalue weighted by molar-refractivity contribution is -0.147. The number of halogens is 5. The van der Waals surface area contributed by atoms with Crippen molar-refractivity contribution in [3.63, 3.8) is 0 Å². The number of alkyl halides is 3. The van der Waals surface area contributed by atoms with E-state index < -0.39 is 24.2 Å². The average Bonchev–Trinajstić information content (AvgIpc) is 3.92. The monoisotopic (exact) mass is 722 g/mol. The highest BCUT2D eigenvalue weighted by molar-refractivity contribution is 6.03. The Morgan fingerprint density at radius 3 is 2.52 bits per heavy atom. The fourth-order valence-electron chi connectivity index (χ4n) is 8.08. The van der Waals surface area contributed by atoms with Crippen LogP contribution in [-0.4, -0.2) is 83.1 Å². The Labute approximate surface area is 299 Å². The van der Waals surface area contributed by atoms with Crippen LogP contribution in [0.5, 0.6) is 11.8 Å². The topological polar surface area (TPSA) is 86.6 Å². The molecule has 1 atom stereocenters. The normalized spacial score (nSPS) is 20.1. The second-order valence-corrected chi connectivity index (χ2v) is 14.4. The minimum atomic E-state index is -4.14. The molecule has 276 valence electrons. The quantitative estimate of drug-likeness (QED) is 0.151. The van der Waals surface area contributed by atoms with Crippen LogP contribution in [0.25, 0.3) is 32.9 Å². The van der Waals surface area contributed by atoms with E-state index in [0.717, 1.165) is 32.4 Å². The maximum atomic E-state index is 17.0. The molecule has 1 saturated carbocycles. The first-order valence-electron chi connectivity index (χ1n) is 18.2.